The molecule has 8 nitrogen and oxygen atoms in total. The van der Waals surface area contributed by atoms with Crippen LogP contribution in [0.25, 0.3) is 16.9 Å². The Kier molecular flexibility index (Phi) is 6.33. The minimum atomic E-state index is -0.958. The lowest BCUT2D eigenvalue weighted by Gasteiger charge is -2.19. The van der Waals surface area contributed by atoms with Crippen molar-refractivity contribution in [2.24, 2.45) is 0 Å². The molecule has 1 aliphatic carbocycles. The van der Waals surface area contributed by atoms with Crippen LogP contribution in [-0.2, 0) is 0 Å². The van der Waals surface area contributed by atoms with Gasteiger partial charge in [0.15, 0.2) is 11.5 Å². The van der Waals surface area contributed by atoms with Crippen LogP contribution in [0.3, 0.4) is 0 Å². The van der Waals surface area contributed by atoms with Gasteiger partial charge in [-0.1, -0.05) is 12.1 Å². The van der Waals surface area contributed by atoms with E-state index in [1.807, 2.05) is 32.0 Å². The number of aromatic nitrogens is 3. The third kappa shape index (κ3) is 5.56. The van der Waals surface area contributed by atoms with Crippen molar-refractivity contribution in [2.45, 2.75) is 52.2 Å². The third-order valence-corrected chi connectivity index (χ3v) is 6.24. The number of nitrogens with one attached hydrogen (secondary N) is 3. The minimum absolute atomic E-state index is 0.0624. The summed E-state index contributed by atoms with van der Waals surface area (Å²) in [5.74, 6) is -0.0423. The second-order valence-electron chi connectivity index (χ2n) is 10.4. The van der Waals surface area contributed by atoms with E-state index >= 15 is 0 Å². The lowest BCUT2D eigenvalue weighted by Crippen LogP contribution is -2.29. The van der Waals surface area contributed by atoms with Crippen molar-refractivity contribution in [1.82, 2.24) is 19.9 Å². The first-order valence-electron chi connectivity index (χ1n) is 12.4. The Hall–Kier alpha value is -3.98. The van der Waals surface area contributed by atoms with Gasteiger partial charge in [0.1, 0.15) is 5.82 Å². The second-order valence-corrected chi connectivity index (χ2v) is 10.4. The van der Waals surface area contributed by atoms with Crippen LogP contribution in [0.15, 0.2) is 48.7 Å². The van der Waals surface area contributed by atoms with Gasteiger partial charge in [0.05, 0.1) is 28.9 Å². The number of amides is 1. The minimum Gasteiger partial charge on any atom is -0.389 e. The van der Waals surface area contributed by atoms with Gasteiger partial charge in [-0.3, -0.25) is 4.79 Å². The Morgan fingerprint density at radius 1 is 1.14 bits per heavy atom. The summed E-state index contributed by atoms with van der Waals surface area (Å²) in [6, 6.07) is 12.5. The summed E-state index contributed by atoms with van der Waals surface area (Å²) in [6.45, 7) is 7.49. The molecule has 2 aromatic heterocycles. The van der Waals surface area contributed by atoms with Crippen LogP contribution in [0.2, 0.25) is 0 Å². The number of aliphatic hydroxyl groups is 1. The average molecular weight is 503 g/mol. The third-order valence-electron chi connectivity index (χ3n) is 6.24. The molecule has 0 saturated heterocycles. The van der Waals surface area contributed by atoms with Gasteiger partial charge < -0.3 is 21.1 Å². The van der Waals surface area contributed by atoms with Gasteiger partial charge in [-0.25, -0.2) is 13.9 Å². The van der Waals surface area contributed by atoms with E-state index in [4.69, 9.17) is 5.10 Å². The van der Waals surface area contributed by atoms with Gasteiger partial charge in [0, 0.05) is 29.8 Å². The Morgan fingerprint density at radius 3 is 2.62 bits per heavy atom. The number of anilines is 3. The molecule has 0 radical (unpaired) electrons. The number of carbonyl (C=O) groups excluding carboxylic acids is 1. The highest BCUT2D eigenvalue weighted by Gasteiger charge is 2.25. The van der Waals surface area contributed by atoms with Crippen LogP contribution in [0.4, 0.5) is 21.6 Å². The molecule has 4 aromatic rings. The predicted molar refractivity (Wildman–Crippen MR) is 143 cm³/mol. The largest absolute Gasteiger partial charge is 0.389 e. The van der Waals surface area contributed by atoms with E-state index in [0.717, 1.165) is 29.5 Å². The molecule has 1 aliphatic rings. The first kappa shape index (κ1) is 24.7. The molecule has 0 bridgehead atoms. The summed E-state index contributed by atoms with van der Waals surface area (Å²) in [7, 11) is 0. The number of halogens is 1. The SMILES string of the molecule is Cc1ccc(F)c(Nc2cc(NCC(C)(C)O)c3ncc(-c4ccc(C(=O)NC5CC5)c(C)c4)n3n2)c1. The van der Waals surface area contributed by atoms with Gasteiger partial charge in [0.2, 0.25) is 0 Å². The van der Waals surface area contributed by atoms with E-state index < -0.39 is 5.60 Å². The summed E-state index contributed by atoms with van der Waals surface area (Å²) < 4.78 is 16.2. The second kappa shape index (κ2) is 9.48. The smallest absolute Gasteiger partial charge is 0.251 e. The fraction of sp³-hybridized carbons (Fsp3) is 0.321. The fourth-order valence-corrected chi connectivity index (χ4v) is 4.11. The molecule has 0 unspecified atom stereocenters. The van der Waals surface area contributed by atoms with Gasteiger partial charge in [0.25, 0.3) is 5.91 Å². The van der Waals surface area contributed by atoms with Crippen LogP contribution in [0, 0.1) is 19.7 Å². The molecule has 1 fully saturated rings. The average Bonchev–Trinajstić information content (AvgIpc) is 3.54. The lowest BCUT2D eigenvalue weighted by molar-refractivity contribution is 0.0940. The number of benzene rings is 2. The molecule has 9 heteroatoms. The summed E-state index contributed by atoms with van der Waals surface area (Å²) in [5, 5.41) is 24.3. The Balaban J connectivity index is 1.55. The maximum absolute atomic E-state index is 14.5. The van der Waals surface area contributed by atoms with E-state index in [1.165, 1.54) is 6.07 Å². The van der Waals surface area contributed by atoms with Crippen molar-refractivity contribution in [3.8, 4) is 11.3 Å². The maximum atomic E-state index is 14.5. The van der Waals surface area contributed by atoms with E-state index in [-0.39, 0.29) is 24.3 Å². The predicted octanol–water partition coefficient (Wildman–Crippen LogP) is 4.97. The number of aryl methyl sites for hydroxylation is 2. The zero-order valence-corrected chi connectivity index (χ0v) is 21.4. The number of carbonyl (C=O) groups is 1. The lowest BCUT2D eigenvalue weighted by atomic mass is 10.0. The van der Waals surface area contributed by atoms with E-state index in [0.29, 0.717) is 34.1 Å². The quantitative estimate of drug-likeness (QED) is 0.271. The summed E-state index contributed by atoms with van der Waals surface area (Å²) in [4.78, 5) is 17.2. The highest BCUT2D eigenvalue weighted by atomic mass is 19.1. The summed E-state index contributed by atoms with van der Waals surface area (Å²) >= 11 is 0. The van der Waals surface area contributed by atoms with Crippen LogP contribution >= 0.6 is 0 Å². The van der Waals surface area contributed by atoms with Crippen molar-refractivity contribution < 1.29 is 14.3 Å². The van der Waals surface area contributed by atoms with Crippen molar-refractivity contribution >= 4 is 28.7 Å². The molecule has 1 saturated carbocycles. The molecule has 0 spiro atoms. The summed E-state index contributed by atoms with van der Waals surface area (Å²) in [6.07, 6.45) is 3.78. The first-order valence-corrected chi connectivity index (χ1v) is 12.4. The van der Waals surface area contributed by atoms with E-state index in [1.54, 1.807) is 42.8 Å². The maximum Gasteiger partial charge on any atom is 0.251 e. The van der Waals surface area contributed by atoms with E-state index in [2.05, 4.69) is 20.9 Å². The van der Waals surface area contributed by atoms with Crippen LogP contribution < -0.4 is 16.0 Å². The number of hydrogen-bond donors (Lipinski definition) is 4. The molecule has 37 heavy (non-hydrogen) atoms. The molecule has 1 amide bonds. The van der Waals surface area contributed by atoms with Crippen molar-refractivity contribution in [1.29, 1.82) is 0 Å². The number of imidazole rings is 1. The number of rotatable bonds is 8. The summed E-state index contributed by atoms with van der Waals surface area (Å²) in [5.41, 5.74) is 4.50. The number of nitrogens with zero attached hydrogens (tertiary/aromatic N) is 3. The van der Waals surface area contributed by atoms with Gasteiger partial charge >= 0.3 is 0 Å². The number of fused-ring (bicyclic) bond motifs is 1. The van der Waals surface area contributed by atoms with Crippen LogP contribution in [0.1, 0.15) is 48.2 Å². The molecule has 4 N–H and O–H groups in total. The van der Waals surface area contributed by atoms with Crippen LogP contribution in [-0.4, -0.2) is 43.8 Å². The zero-order valence-electron chi connectivity index (χ0n) is 21.4. The van der Waals surface area contributed by atoms with Gasteiger partial charge in [-0.05, 0) is 75.9 Å². The molecular formula is C28H31FN6O2. The molecule has 0 atom stereocenters. The Bertz CT molecular complexity index is 1490. The van der Waals surface area contributed by atoms with Crippen LogP contribution in [0.5, 0.6) is 0 Å². The molecule has 2 aromatic carbocycles. The molecule has 5 rings (SSSR count). The van der Waals surface area contributed by atoms with Gasteiger partial charge in [-0.15, -0.1) is 5.10 Å². The monoisotopic (exact) mass is 502 g/mol. The molecule has 192 valence electrons. The molecular weight excluding hydrogens is 471 g/mol. The van der Waals surface area contributed by atoms with Gasteiger partial charge in [-0.2, -0.15) is 0 Å². The standard InChI is InChI=1S/C28H31FN6O2/c1-16-5-10-21(29)22(11-16)33-25-13-23(31-15-28(3,4)37)26-30-14-24(35(26)34-25)18-6-9-20(17(2)12-18)27(36)32-19-7-8-19/h5-6,9-14,19,31,37H,7-8,15H2,1-4H3,(H,32,36)(H,33,34). The van der Waals surface area contributed by atoms with Crippen molar-refractivity contribution in [3.63, 3.8) is 0 Å². The highest BCUT2D eigenvalue weighted by Crippen LogP contribution is 2.30. The van der Waals surface area contributed by atoms with Crippen molar-refractivity contribution in [3.05, 3.63) is 71.2 Å². The Labute approximate surface area is 214 Å². The number of hydrogen-bond acceptors (Lipinski definition) is 6. The van der Waals surface area contributed by atoms with E-state index in [9.17, 15) is 14.3 Å². The Morgan fingerprint density at radius 2 is 1.92 bits per heavy atom. The normalized spacial score (nSPS) is 13.6. The highest BCUT2D eigenvalue weighted by molar-refractivity contribution is 5.96. The zero-order chi connectivity index (χ0) is 26.3. The topological polar surface area (TPSA) is 104 Å². The molecule has 0 aliphatic heterocycles. The van der Waals surface area contributed by atoms with Crippen molar-refractivity contribution in [2.75, 3.05) is 17.2 Å². The first-order chi connectivity index (χ1) is 17.6. The fourth-order valence-electron chi connectivity index (χ4n) is 4.11. The molecule has 2 heterocycles.